The molecule has 0 aliphatic heterocycles. The van der Waals surface area contributed by atoms with Gasteiger partial charge in [0.15, 0.2) is 9.84 Å². The van der Waals surface area contributed by atoms with Crippen molar-refractivity contribution in [3.05, 3.63) is 20.5 Å². The quantitative estimate of drug-likeness (QED) is 0.879. The Morgan fingerprint density at radius 1 is 1.38 bits per heavy atom. The molecule has 0 saturated heterocycles. The Balaban J connectivity index is 2.88. The molecule has 0 spiro atoms. The average molecular weight is 311 g/mol. The smallest absolute Gasteiger partial charge is 0.281 e. The van der Waals surface area contributed by atoms with Crippen molar-refractivity contribution in [2.24, 2.45) is 0 Å². The van der Waals surface area contributed by atoms with Crippen LogP contribution >= 0.6 is 15.9 Å². The van der Waals surface area contributed by atoms with Crippen molar-refractivity contribution in [1.29, 1.82) is 0 Å². The zero-order valence-electron chi connectivity index (χ0n) is 9.29. The number of nitrogens with zero attached hydrogens (tertiary/aromatic N) is 1. The average Bonchev–Trinajstić information content (AvgIpc) is 2.53. The van der Waals surface area contributed by atoms with Crippen LogP contribution in [0.15, 0.2) is 9.27 Å². The number of nitrogens with one attached hydrogen (secondary N) is 1. The molecule has 0 aliphatic rings. The molecular weight excluding hydrogens is 296 g/mol. The number of H-pyrrole nitrogens is 1. The van der Waals surface area contributed by atoms with Crippen LogP contribution in [0.2, 0.25) is 0 Å². The van der Waals surface area contributed by atoms with E-state index in [9.17, 15) is 13.2 Å². The first-order valence-corrected chi connectivity index (χ1v) is 7.70. The standard InChI is InChI=1S/C9H15BrN2O3S/c1-3-7-8(10)9(13)12(11-7)5-6-16(14,15)4-2/h11H,3-6H2,1-2H3. The minimum absolute atomic E-state index is 0.0144. The summed E-state index contributed by atoms with van der Waals surface area (Å²) in [4.78, 5) is 11.6. The van der Waals surface area contributed by atoms with E-state index in [-0.39, 0.29) is 23.6 Å². The van der Waals surface area contributed by atoms with Crippen molar-refractivity contribution in [1.82, 2.24) is 9.78 Å². The minimum atomic E-state index is -3.04. The lowest BCUT2D eigenvalue weighted by atomic mass is 10.3. The predicted molar refractivity (Wildman–Crippen MR) is 66.5 cm³/mol. The molecule has 0 aromatic carbocycles. The van der Waals surface area contributed by atoms with Crippen LogP contribution in [0.5, 0.6) is 0 Å². The molecule has 5 nitrogen and oxygen atoms in total. The highest BCUT2D eigenvalue weighted by Crippen LogP contribution is 2.09. The number of halogens is 1. The van der Waals surface area contributed by atoms with Crippen molar-refractivity contribution in [3.8, 4) is 0 Å². The van der Waals surface area contributed by atoms with E-state index in [1.165, 1.54) is 4.68 Å². The zero-order valence-corrected chi connectivity index (χ0v) is 11.7. The molecular formula is C9H15BrN2O3S. The van der Waals surface area contributed by atoms with Crippen molar-refractivity contribution in [2.45, 2.75) is 26.8 Å². The Kier molecular flexibility index (Phi) is 4.37. The Labute approximate surface area is 103 Å². The van der Waals surface area contributed by atoms with Gasteiger partial charge in [-0.15, -0.1) is 0 Å². The predicted octanol–water partition coefficient (Wildman–Crippen LogP) is 0.936. The van der Waals surface area contributed by atoms with Gasteiger partial charge in [-0.1, -0.05) is 13.8 Å². The van der Waals surface area contributed by atoms with E-state index < -0.39 is 9.84 Å². The van der Waals surface area contributed by atoms with Gasteiger partial charge in [0.25, 0.3) is 5.56 Å². The van der Waals surface area contributed by atoms with Gasteiger partial charge in [0.05, 0.1) is 18.0 Å². The Bertz CT molecular complexity index is 515. The van der Waals surface area contributed by atoms with Gasteiger partial charge >= 0.3 is 0 Å². The molecule has 0 unspecified atom stereocenters. The SMILES string of the molecule is CCc1[nH]n(CCS(=O)(=O)CC)c(=O)c1Br. The summed E-state index contributed by atoms with van der Waals surface area (Å²) in [5.74, 6) is 0.0871. The van der Waals surface area contributed by atoms with E-state index >= 15 is 0 Å². The molecule has 7 heteroatoms. The maximum absolute atomic E-state index is 11.6. The Hall–Kier alpha value is -0.560. The maximum Gasteiger partial charge on any atom is 0.281 e. The second kappa shape index (κ2) is 5.18. The fraction of sp³-hybridized carbons (Fsp3) is 0.667. The molecule has 1 aromatic rings. The van der Waals surface area contributed by atoms with E-state index in [1.807, 2.05) is 6.92 Å². The van der Waals surface area contributed by atoms with Crippen molar-refractivity contribution in [3.63, 3.8) is 0 Å². The number of hydrogen-bond acceptors (Lipinski definition) is 3. The molecule has 0 atom stereocenters. The zero-order chi connectivity index (χ0) is 12.3. The minimum Gasteiger partial charge on any atom is -0.299 e. The first-order valence-electron chi connectivity index (χ1n) is 5.08. The van der Waals surface area contributed by atoms with Crippen LogP contribution in [-0.4, -0.2) is 29.7 Å². The van der Waals surface area contributed by atoms with Gasteiger partial charge < -0.3 is 0 Å². The van der Waals surface area contributed by atoms with Gasteiger partial charge in [-0.25, -0.2) is 8.42 Å². The summed E-state index contributed by atoms with van der Waals surface area (Å²) in [6, 6.07) is 0. The third-order valence-electron chi connectivity index (χ3n) is 2.39. The van der Waals surface area contributed by atoms with Crippen molar-refractivity contribution < 1.29 is 8.42 Å². The summed E-state index contributed by atoms with van der Waals surface area (Å²) >= 11 is 3.18. The van der Waals surface area contributed by atoms with E-state index in [0.717, 1.165) is 5.69 Å². The molecule has 0 saturated carbocycles. The molecule has 0 aliphatic carbocycles. The highest BCUT2D eigenvalue weighted by Gasteiger charge is 2.13. The summed E-state index contributed by atoms with van der Waals surface area (Å²) in [6.07, 6.45) is 0.698. The van der Waals surface area contributed by atoms with E-state index in [1.54, 1.807) is 6.92 Å². The highest BCUT2D eigenvalue weighted by molar-refractivity contribution is 9.10. The lowest BCUT2D eigenvalue weighted by molar-refractivity contribution is 0.576. The molecule has 0 radical (unpaired) electrons. The van der Waals surface area contributed by atoms with Crippen LogP contribution in [0.25, 0.3) is 0 Å². The lowest BCUT2D eigenvalue weighted by Gasteiger charge is -2.01. The van der Waals surface area contributed by atoms with Crippen LogP contribution < -0.4 is 5.56 Å². The van der Waals surface area contributed by atoms with Crippen molar-refractivity contribution >= 4 is 25.8 Å². The lowest BCUT2D eigenvalue weighted by Crippen LogP contribution is -2.23. The highest BCUT2D eigenvalue weighted by atomic mass is 79.9. The summed E-state index contributed by atoms with van der Waals surface area (Å²) in [6.45, 7) is 3.69. The normalized spacial score (nSPS) is 11.9. The third-order valence-corrected chi connectivity index (χ3v) is 4.89. The number of sulfone groups is 1. The van der Waals surface area contributed by atoms with E-state index in [2.05, 4.69) is 21.0 Å². The molecule has 0 fully saturated rings. The summed E-state index contributed by atoms with van der Waals surface area (Å²) < 4.78 is 24.4. The van der Waals surface area contributed by atoms with E-state index in [4.69, 9.17) is 0 Å². The third kappa shape index (κ3) is 2.98. The summed E-state index contributed by atoms with van der Waals surface area (Å²) in [7, 11) is -3.04. The number of aromatic amines is 1. The molecule has 1 heterocycles. The molecule has 16 heavy (non-hydrogen) atoms. The molecule has 0 amide bonds. The second-order valence-electron chi connectivity index (χ2n) is 3.45. The van der Waals surface area contributed by atoms with Crippen LogP contribution in [-0.2, 0) is 22.8 Å². The summed E-state index contributed by atoms with van der Waals surface area (Å²) in [5.41, 5.74) is 0.585. The summed E-state index contributed by atoms with van der Waals surface area (Å²) in [5, 5.41) is 2.89. The van der Waals surface area contributed by atoms with Crippen LogP contribution in [0, 0.1) is 0 Å². The van der Waals surface area contributed by atoms with Gasteiger partial charge in [-0.3, -0.25) is 14.6 Å². The van der Waals surface area contributed by atoms with Gasteiger partial charge in [0, 0.05) is 5.75 Å². The molecule has 1 aromatic heterocycles. The molecule has 92 valence electrons. The van der Waals surface area contributed by atoms with Crippen LogP contribution in [0.1, 0.15) is 19.5 Å². The Morgan fingerprint density at radius 3 is 2.44 bits per heavy atom. The second-order valence-corrected chi connectivity index (χ2v) is 6.72. The number of hydrogen-bond donors (Lipinski definition) is 1. The maximum atomic E-state index is 11.6. The van der Waals surface area contributed by atoms with Crippen molar-refractivity contribution in [2.75, 3.05) is 11.5 Å². The van der Waals surface area contributed by atoms with E-state index in [0.29, 0.717) is 10.9 Å². The topological polar surface area (TPSA) is 71.9 Å². The molecule has 0 bridgehead atoms. The van der Waals surface area contributed by atoms with Gasteiger partial charge in [-0.2, -0.15) is 0 Å². The Morgan fingerprint density at radius 2 is 2.00 bits per heavy atom. The molecule has 1 N–H and O–H groups in total. The first kappa shape index (κ1) is 13.5. The van der Waals surface area contributed by atoms with Gasteiger partial charge in [0.2, 0.25) is 0 Å². The largest absolute Gasteiger partial charge is 0.299 e. The number of rotatable bonds is 5. The van der Waals surface area contributed by atoms with Gasteiger partial charge in [-0.05, 0) is 22.4 Å². The van der Waals surface area contributed by atoms with Crippen LogP contribution in [0.3, 0.4) is 0 Å². The molecule has 1 rings (SSSR count). The fourth-order valence-electron chi connectivity index (χ4n) is 1.28. The van der Waals surface area contributed by atoms with Gasteiger partial charge in [0.1, 0.15) is 4.47 Å². The fourth-order valence-corrected chi connectivity index (χ4v) is 2.61. The first-order chi connectivity index (χ1) is 7.41. The monoisotopic (exact) mass is 310 g/mol. The number of aryl methyl sites for hydroxylation is 2. The number of aromatic nitrogens is 2. The van der Waals surface area contributed by atoms with Crippen LogP contribution in [0.4, 0.5) is 0 Å².